The maximum atomic E-state index is 5.28. The predicted octanol–water partition coefficient (Wildman–Crippen LogP) is 1.76. The second kappa shape index (κ2) is 3.30. The molecule has 1 aliphatic heterocycles. The zero-order chi connectivity index (χ0) is 7.40. The van der Waals surface area contributed by atoms with Crippen molar-refractivity contribution in [3.63, 3.8) is 0 Å². The van der Waals surface area contributed by atoms with E-state index in [9.17, 15) is 0 Å². The van der Waals surface area contributed by atoms with Gasteiger partial charge in [-0.15, -0.1) is 0 Å². The first-order valence-corrected chi connectivity index (χ1v) is 3.62. The van der Waals surface area contributed by atoms with Gasteiger partial charge in [0.05, 0.1) is 5.70 Å². The number of ether oxygens (including phenoxy) is 1. The Hall–Kier alpha value is -0.920. The molecule has 2 heteroatoms. The highest BCUT2D eigenvalue weighted by molar-refractivity contribution is 5.25. The van der Waals surface area contributed by atoms with Gasteiger partial charge in [0, 0.05) is 0 Å². The highest BCUT2D eigenvalue weighted by Gasteiger charge is 2.10. The summed E-state index contributed by atoms with van der Waals surface area (Å²) in [5, 5.41) is 3.11. The highest BCUT2D eigenvalue weighted by Crippen LogP contribution is 2.14. The van der Waals surface area contributed by atoms with E-state index in [0.29, 0.717) is 6.73 Å². The molecule has 56 valence electrons. The molecule has 1 N–H and O–H groups in total. The van der Waals surface area contributed by atoms with Gasteiger partial charge in [-0.2, -0.15) is 0 Å². The summed E-state index contributed by atoms with van der Waals surface area (Å²) in [4.78, 5) is 0. The van der Waals surface area contributed by atoms with Crippen LogP contribution in [0.15, 0.2) is 23.6 Å². The molecule has 0 saturated carbocycles. The van der Waals surface area contributed by atoms with Gasteiger partial charge in [-0.05, 0) is 19.4 Å². The van der Waals surface area contributed by atoms with Gasteiger partial charge in [0.2, 0.25) is 0 Å². The van der Waals surface area contributed by atoms with Gasteiger partial charge < -0.3 is 10.1 Å². The first-order valence-electron chi connectivity index (χ1n) is 3.62. The number of hydrogen-bond donors (Lipinski definition) is 1. The molecule has 0 aromatic heterocycles. The van der Waals surface area contributed by atoms with Crippen LogP contribution in [0.1, 0.15) is 20.3 Å². The lowest BCUT2D eigenvalue weighted by Crippen LogP contribution is -2.03. The lowest BCUT2D eigenvalue weighted by Gasteiger charge is -1.95. The zero-order valence-electron chi connectivity index (χ0n) is 6.48. The molecule has 2 nitrogen and oxygen atoms in total. The van der Waals surface area contributed by atoms with Crippen molar-refractivity contribution in [3.8, 4) is 0 Å². The van der Waals surface area contributed by atoms with Crippen LogP contribution in [-0.2, 0) is 4.74 Å². The monoisotopic (exact) mass is 139 g/mol. The molecule has 0 unspecified atom stereocenters. The van der Waals surface area contributed by atoms with Gasteiger partial charge >= 0.3 is 0 Å². The summed E-state index contributed by atoms with van der Waals surface area (Å²) in [5.74, 6) is 0.991. The summed E-state index contributed by atoms with van der Waals surface area (Å²) < 4.78 is 5.28. The second-order valence-corrected chi connectivity index (χ2v) is 2.14. The number of hydrogen-bond acceptors (Lipinski definition) is 2. The summed E-state index contributed by atoms with van der Waals surface area (Å²) in [5.41, 5.74) is 1.11. The minimum absolute atomic E-state index is 0.617. The van der Waals surface area contributed by atoms with Crippen LogP contribution in [0.2, 0.25) is 0 Å². The summed E-state index contributed by atoms with van der Waals surface area (Å²) in [6, 6.07) is 0. The van der Waals surface area contributed by atoms with Crippen LogP contribution < -0.4 is 5.32 Å². The maximum absolute atomic E-state index is 5.28. The Balaban J connectivity index is 2.68. The van der Waals surface area contributed by atoms with Crippen LogP contribution in [0.3, 0.4) is 0 Å². The fourth-order valence-corrected chi connectivity index (χ4v) is 0.955. The van der Waals surface area contributed by atoms with Crippen LogP contribution in [0.5, 0.6) is 0 Å². The molecule has 0 radical (unpaired) electrons. The van der Waals surface area contributed by atoms with E-state index in [2.05, 4.69) is 18.3 Å². The standard InChI is InChI=1S/C8H13NO/c1-3-5-8-7(4-2)9-6-10-8/h4-5,9H,3,6H2,1-2H3/b7-4+,8-5+. The summed E-state index contributed by atoms with van der Waals surface area (Å²) in [6.45, 7) is 4.72. The third-order valence-corrected chi connectivity index (χ3v) is 1.43. The van der Waals surface area contributed by atoms with E-state index in [4.69, 9.17) is 4.74 Å². The molecule has 0 aromatic rings. The van der Waals surface area contributed by atoms with E-state index >= 15 is 0 Å². The first kappa shape index (κ1) is 7.19. The molecule has 0 spiro atoms. The van der Waals surface area contributed by atoms with Crippen molar-refractivity contribution < 1.29 is 4.74 Å². The fourth-order valence-electron chi connectivity index (χ4n) is 0.955. The van der Waals surface area contributed by atoms with Crippen LogP contribution in [0, 0.1) is 0 Å². The van der Waals surface area contributed by atoms with Gasteiger partial charge in [-0.3, -0.25) is 0 Å². The molecule has 1 aliphatic rings. The Bertz CT molecular complexity index is 170. The summed E-state index contributed by atoms with van der Waals surface area (Å²) in [7, 11) is 0. The maximum Gasteiger partial charge on any atom is 0.159 e. The normalized spacial score (nSPS) is 25.0. The predicted molar refractivity (Wildman–Crippen MR) is 41.2 cm³/mol. The van der Waals surface area contributed by atoms with Crippen LogP contribution in [0.25, 0.3) is 0 Å². The minimum atomic E-state index is 0.617. The van der Waals surface area contributed by atoms with Gasteiger partial charge in [0.25, 0.3) is 0 Å². The first-order chi connectivity index (χ1) is 4.88. The molecule has 0 aromatic carbocycles. The van der Waals surface area contributed by atoms with Gasteiger partial charge in [0.15, 0.2) is 6.73 Å². The van der Waals surface area contributed by atoms with Crippen molar-refractivity contribution in [2.75, 3.05) is 6.73 Å². The molecule has 10 heavy (non-hydrogen) atoms. The summed E-state index contributed by atoms with van der Waals surface area (Å²) >= 11 is 0. The largest absolute Gasteiger partial charge is 0.472 e. The molecule has 1 fully saturated rings. The van der Waals surface area contributed by atoms with E-state index < -0.39 is 0 Å². The number of allylic oxidation sites excluding steroid dienone is 2. The van der Waals surface area contributed by atoms with Crippen LogP contribution >= 0.6 is 0 Å². The lowest BCUT2D eigenvalue weighted by atomic mass is 10.3. The molecule has 1 heterocycles. The van der Waals surface area contributed by atoms with E-state index in [0.717, 1.165) is 17.9 Å². The lowest BCUT2D eigenvalue weighted by molar-refractivity contribution is 0.253. The average Bonchev–Trinajstić information content (AvgIpc) is 2.36. The van der Waals surface area contributed by atoms with E-state index in [-0.39, 0.29) is 0 Å². The van der Waals surface area contributed by atoms with Crippen molar-refractivity contribution in [1.82, 2.24) is 5.32 Å². The molecule has 0 bridgehead atoms. The second-order valence-electron chi connectivity index (χ2n) is 2.14. The SMILES string of the molecule is C/C=C1/NCO/C1=C/CC. The van der Waals surface area contributed by atoms with Gasteiger partial charge in [-0.25, -0.2) is 0 Å². The summed E-state index contributed by atoms with van der Waals surface area (Å²) in [6.07, 6.45) is 5.12. The van der Waals surface area contributed by atoms with E-state index in [1.807, 2.05) is 13.0 Å². The van der Waals surface area contributed by atoms with E-state index in [1.165, 1.54) is 0 Å². The van der Waals surface area contributed by atoms with Crippen molar-refractivity contribution in [2.45, 2.75) is 20.3 Å². The molecule has 1 rings (SSSR count). The smallest absolute Gasteiger partial charge is 0.159 e. The van der Waals surface area contributed by atoms with Crippen LogP contribution in [-0.4, -0.2) is 6.73 Å². The zero-order valence-corrected chi connectivity index (χ0v) is 6.48. The van der Waals surface area contributed by atoms with Crippen molar-refractivity contribution in [1.29, 1.82) is 0 Å². The fraction of sp³-hybridized carbons (Fsp3) is 0.500. The molecular formula is C8H13NO. The Morgan fingerprint density at radius 2 is 2.50 bits per heavy atom. The molecular weight excluding hydrogens is 126 g/mol. The molecule has 0 atom stereocenters. The quantitative estimate of drug-likeness (QED) is 0.597. The van der Waals surface area contributed by atoms with Gasteiger partial charge in [0.1, 0.15) is 5.76 Å². The van der Waals surface area contributed by atoms with Gasteiger partial charge in [-0.1, -0.05) is 13.0 Å². The minimum Gasteiger partial charge on any atom is -0.472 e. The topological polar surface area (TPSA) is 21.3 Å². The number of rotatable bonds is 1. The molecule has 1 saturated heterocycles. The van der Waals surface area contributed by atoms with Crippen molar-refractivity contribution in [3.05, 3.63) is 23.6 Å². The third kappa shape index (κ3) is 1.32. The van der Waals surface area contributed by atoms with Crippen molar-refractivity contribution >= 4 is 0 Å². The van der Waals surface area contributed by atoms with Crippen molar-refractivity contribution in [2.24, 2.45) is 0 Å². The third-order valence-electron chi connectivity index (χ3n) is 1.43. The Morgan fingerprint density at radius 1 is 1.70 bits per heavy atom. The Morgan fingerprint density at radius 3 is 3.10 bits per heavy atom. The Kier molecular flexibility index (Phi) is 2.37. The van der Waals surface area contributed by atoms with E-state index in [1.54, 1.807) is 0 Å². The molecule has 0 amide bonds. The van der Waals surface area contributed by atoms with Crippen LogP contribution in [0.4, 0.5) is 0 Å². The number of nitrogens with one attached hydrogen (secondary N) is 1. The Labute approximate surface area is 61.6 Å². The molecule has 0 aliphatic carbocycles. The highest BCUT2D eigenvalue weighted by atomic mass is 16.5. The average molecular weight is 139 g/mol.